The van der Waals surface area contributed by atoms with E-state index in [0.717, 1.165) is 6.42 Å². The van der Waals surface area contributed by atoms with Crippen molar-refractivity contribution in [2.45, 2.75) is 37.0 Å². The molecule has 1 fully saturated rings. The van der Waals surface area contributed by atoms with Crippen molar-refractivity contribution in [1.82, 2.24) is 4.98 Å². The van der Waals surface area contributed by atoms with Crippen LogP contribution in [0.15, 0.2) is 36.7 Å². The highest BCUT2D eigenvalue weighted by molar-refractivity contribution is 6.20. The van der Waals surface area contributed by atoms with Crippen LogP contribution < -0.4 is 0 Å². The van der Waals surface area contributed by atoms with Gasteiger partial charge in [-0.2, -0.15) is 0 Å². The molecule has 2 aromatic rings. The lowest BCUT2D eigenvalue weighted by molar-refractivity contribution is 0.451. The van der Waals surface area contributed by atoms with Crippen LogP contribution in [0.5, 0.6) is 0 Å². The van der Waals surface area contributed by atoms with Gasteiger partial charge in [0, 0.05) is 23.2 Å². The highest BCUT2D eigenvalue weighted by Gasteiger charge is 2.22. The van der Waals surface area contributed by atoms with Crippen molar-refractivity contribution in [1.29, 1.82) is 0 Å². The zero-order valence-electron chi connectivity index (χ0n) is 9.77. The normalized spacial score (nSPS) is 25.0. The molecule has 0 amide bonds. The summed E-state index contributed by atoms with van der Waals surface area (Å²) < 4.78 is 0. The maximum absolute atomic E-state index is 6.30. The zero-order chi connectivity index (χ0) is 11.7. The molecule has 1 heterocycles. The molecule has 0 N–H and O–H groups in total. The van der Waals surface area contributed by atoms with E-state index in [4.69, 9.17) is 11.6 Å². The van der Waals surface area contributed by atoms with Gasteiger partial charge in [-0.3, -0.25) is 4.98 Å². The SMILES string of the molecule is ClC1CCCC(c2cccc3ccncc23)C1. The Morgan fingerprint density at radius 3 is 3.00 bits per heavy atom. The summed E-state index contributed by atoms with van der Waals surface area (Å²) in [5, 5.41) is 2.93. The van der Waals surface area contributed by atoms with Gasteiger partial charge in [0.25, 0.3) is 0 Å². The molecule has 0 saturated heterocycles. The minimum absolute atomic E-state index is 0.348. The second-order valence-electron chi connectivity index (χ2n) is 4.90. The average Bonchev–Trinajstić information content (AvgIpc) is 2.38. The number of aromatic nitrogens is 1. The van der Waals surface area contributed by atoms with E-state index >= 15 is 0 Å². The molecule has 0 bridgehead atoms. The topological polar surface area (TPSA) is 12.9 Å². The molecule has 0 spiro atoms. The summed E-state index contributed by atoms with van der Waals surface area (Å²) in [6.07, 6.45) is 8.63. The maximum Gasteiger partial charge on any atom is 0.0349 e. The lowest BCUT2D eigenvalue weighted by Crippen LogP contribution is -2.14. The quantitative estimate of drug-likeness (QED) is 0.674. The predicted molar refractivity (Wildman–Crippen MR) is 72.6 cm³/mol. The highest BCUT2D eigenvalue weighted by atomic mass is 35.5. The number of hydrogen-bond acceptors (Lipinski definition) is 1. The van der Waals surface area contributed by atoms with Crippen LogP contribution >= 0.6 is 11.6 Å². The highest BCUT2D eigenvalue weighted by Crippen LogP contribution is 2.37. The van der Waals surface area contributed by atoms with Gasteiger partial charge >= 0.3 is 0 Å². The monoisotopic (exact) mass is 245 g/mol. The minimum Gasteiger partial charge on any atom is -0.264 e. The molecule has 88 valence electrons. The third-order valence-corrected chi connectivity index (χ3v) is 4.16. The molecule has 0 radical (unpaired) electrons. The van der Waals surface area contributed by atoms with Crippen molar-refractivity contribution in [3.8, 4) is 0 Å². The smallest absolute Gasteiger partial charge is 0.0349 e. The number of benzene rings is 1. The molecule has 1 saturated carbocycles. The van der Waals surface area contributed by atoms with Gasteiger partial charge in [0.2, 0.25) is 0 Å². The van der Waals surface area contributed by atoms with Crippen LogP contribution in [0.3, 0.4) is 0 Å². The van der Waals surface area contributed by atoms with Gasteiger partial charge in [0.15, 0.2) is 0 Å². The predicted octanol–water partition coefficient (Wildman–Crippen LogP) is 4.50. The summed E-state index contributed by atoms with van der Waals surface area (Å²) in [5.74, 6) is 0.610. The number of hydrogen-bond donors (Lipinski definition) is 0. The summed E-state index contributed by atoms with van der Waals surface area (Å²) in [7, 11) is 0. The molecule has 1 aliphatic carbocycles. The Labute approximate surface area is 107 Å². The van der Waals surface area contributed by atoms with Crippen molar-refractivity contribution in [2.24, 2.45) is 0 Å². The van der Waals surface area contributed by atoms with Gasteiger partial charge in [-0.15, -0.1) is 11.6 Å². The fourth-order valence-electron chi connectivity index (χ4n) is 2.91. The van der Waals surface area contributed by atoms with Crippen molar-refractivity contribution >= 4 is 22.4 Å². The Morgan fingerprint density at radius 1 is 1.18 bits per heavy atom. The van der Waals surface area contributed by atoms with Crippen LogP contribution in [0.1, 0.15) is 37.2 Å². The molecule has 3 rings (SSSR count). The fraction of sp³-hybridized carbons (Fsp3) is 0.400. The van der Waals surface area contributed by atoms with Crippen molar-refractivity contribution in [3.05, 3.63) is 42.2 Å². The van der Waals surface area contributed by atoms with E-state index in [-0.39, 0.29) is 0 Å². The van der Waals surface area contributed by atoms with Crippen LogP contribution in [0.25, 0.3) is 10.8 Å². The molecule has 2 heteroatoms. The van der Waals surface area contributed by atoms with Crippen LogP contribution in [-0.4, -0.2) is 10.4 Å². The molecule has 2 unspecified atom stereocenters. The summed E-state index contributed by atoms with van der Waals surface area (Å²) in [5.41, 5.74) is 1.43. The van der Waals surface area contributed by atoms with E-state index in [1.54, 1.807) is 0 Å². The van der Waals surface area contributed by atoms with Crippen molar-refractivity contribution in [3.63, 3.8) is 0 Å². The molecule has 1 aliphatic rings. The summed E-state index contributed by atoms with van der Waals surface area (Å²) >= 11 is 6.30. The third-order valence-electron chi connectivity index (χ3n) is 3.77. The molecule has 0 aliphatic heterocycles. The summed E-state index contributed by atoms with van der Waals surface area (Å²) in [4.78, 5) is 4.25. The van der Waals surface area contributed by atoms with Gasteiger partial charge in [0.05, 0.1) is 0 Å². The molecular formula is C15H16ClN. The average molecular weight is 246 g/mol. The van der Waals surface area contributed by atoms with Crippen LogP contribution in [0, 0.1) is 0 Å². The number of nitrogens with zero attached hydrogens (tertiary/aromatic N) is 1. The minimum atomic E-state index is 0.348. The summed E-state index contributed by atoms with van der Waals surface area (Å²) in [6.45, 7) is 0. The second-order valence-corrected chi connectivity index (χ2v) is 5.52. The Bertz CT molecular complexity index is 518. The molecule has 2 atom stereocenters. The fourth-order valence-corrected chi connectivity index (χ4v) is 3.27. The number of rotatable bonds is 1. The Balaban J connectivity index is 2.04. The lowest BCUT2D eigenvalue weighted by Gasteiger charge is -2.26. The van der Waals surface area contributed by atoms with E-state index in [9.17, 15) is 0 Å². The first kappa shape index (κ1) is 11.0. The Kier molecular flexibility index (Phi) is 3.02. The van der Waals surface area contributed by atoms with E-state index in [0.29, 0.717) is 11.3 Å². The maximum atomic E-state index is 6.30. The van der Waals surface area contributed by atoms with Gasteiger partial charge in [0.1, 0.15) is 0 Å². The van der Waals surface area contributed by atoms with E-state index < -0.39 is 0 Å². The number of fused-ring (bicyclic) bond motifs is 1. The van der Waals surface area contributed by atoms with Crippen molar-refractivity contribution < 1.29 is 0 Å². The molecule has 17 heavy (non-hydrogen) atoms. The van der Waals surface area contributed by atoms with Crippen LogP contribution in [0.4, 0.5) is 0 Å². The first-order valence-corrected chi connectivity index (χ1v) is 6.75. The first-order valence-electron chi connectivity index (χ1n) is 6.31. The van der Waals surface area contributed by atoms with Gasteiger partial charge in [-0.05, 0) is 42.2 Å². The molecular weight excluding hydrogens is 230 g/mol. The van der Waals surface area contributed by atoms with Crippen LogP contribution in [-0.2, 0) is 0 Å². The first-order chi connectivity index (χ1) is 8.34. The Morgan fingerprint density at radius 2 is 2.12 bits per heavy atom. The number of halogens is 1. The lowest BCUT2D eigenvalue weighted by atomic mass is 9.82. The number of pyridine rings is 1. The van der Waals surface area contributed by atoms with Gasteiger partial charge in [-0.25, -0.2) is 0 Å². The van der Waals surface area contributed by atoms with Gasteiger partial charge in [-0.1, -0.05) is 24.6 Å². The standard InChI is InChI=1S/C15H16ClN/c16-13-5-1-4-12(9-13)14-6-2-3-11-7-8-17-10-15(11)14/h2-3,6-8,10,12-13H,1,4-5,9H2. The Hall–Kier alpha value is -1.08. The van der Waals surface area contributed by atoms with Gasteiger partial charge < -0.3 is 0 Å². The largest absolute Gasteiger partial charge is 0.264 e. The van der Waals surface area contributed by atoms with E-state index in [1.165, 1.54) is 35.6 Å². The van der Waals surface area contributed by atoms with E-state index in [1.807, 2.05) is 12.4 Å². The van der Waals surface area contributed by atoms with Crippen molar-refractivity contribution in [2.75, 3.05) is 0 Å². The third kappa shape index (κ3) is 2.16. The molecule has 1 aromatic carbocycles. The van der Waals surface area contributed by atoms with E-state index in [2.05, 4.69) is 29.2 Å². The summed E-state index contributed by atoms with van der Waals surface area (Å²) in [6, 6.07) is 8.63. The molecule has 1 nitrogen and oxygen atoms in total. The van der Waals surface area contributed by atoms with Crippen LogP contribution in [0.2, 0.25) is 0 Å². The number of alkyl halides is 1. The zero-order valence-corrected chi connectivity index (χ0v) is 10.5. The second kappa shape index (κ2) is 4.66. The molecule has 1 aromatic heterocycles.